The van der Waals surface area contributed by atoms with Gasteiger partial charge in [-0.15, -0.1) is 0 Å². The maximum absolute atomic E-state index is 9.75. The molecule has 2 aromatic heterocycles. The molecule has 1 aliphatic carbocycles. The van der Waals surface area contributed by atoms with Crippen molar-refractivity contribution in [3.63, 3.8) is 0 Å². The second-order valence-electron chi connectivity index (χ2n) is 5.79. The van der Waals surface area contributed by atoms with Gasteiger partial charge in [0.15, 0.2) is 5.57 Å². The molecule has 2 heterocycles. The van der Waals surface area contributed by atoms with Crippen LogP contribution in [0.2, 0.25) is 0 Å². The molecule has 0 spiro atoms. The summed E-state index contributed by atoms with van der Waals surface area (Å²) in [7, 11) is -6.00. The quantitative estimate of drug-likeness (QED) is 0.249. The molecule has 4 rings (SSSR count). The maximum atomic E-state index is 9.75. The first-order valence-electron chi connectivity index (χ1n) is 8.47. The predicted octanol–water partition coefficient (Wildman–Crippen LogP) is 7.68. The van der Waals surface area contributed by atoms with Gasteiger partial charge in [-0.3, -0.25) is 0 Å². The van der Waals surface area contributed by atoms with Crippen molar-refractivity contribution in [2.45, 2.75) is 6.42 Å². The van der Waals surface area contributed by atoms with Crippen LogP contribution in [0.25, 0.3) is 28.2 Å². The fourth-order valence-electron chi connectivity index (χ4n) is 2.62. The van der Waals surface area contributed by atoms with Gasteiger partial charge in [0, 0.05) is 29.5 Å². The van der Waals surface area contributed by atoms with E-state index in [1.54, 1.807) is 11.3 Å². The Morgan fingerprint density at radius 3 is 2.36 bits per heavy atom. The fraction of sp³-hybridized carbons (Fsp3) is 0.0476. The summed E-state index contributed by atoms with van der Waals surface area (Å²) in [6, 6.07) is 16.4. The van der Waals surface area contributed by atoms with Gasteiger partial charge >= 0.3 is 7.25 Å². The summed E-state index contributed by atoms with van der Waals surface area (Å²) in [5, 5.41) is 2.10. The monoisotopic (exact) mass is 402 g/mol. The highest BCUT2D eigenvalue weighted by Gasteiger charge is 2.21. The summed E-state index contributed by atoms with van der Waals surface area (Å²) in [6.45, 7) is 0. The van der Waals surface area contributed by atoms with E-state index in [-0.39, 0.29) is 0 Å². The third-order valence-corrected chi connectivity index (χ3v) is 4.70. The van der Waals surface area contributed by atoms with E-state index < -0.39 is 7.25 Å². The van der Waals surface area contributed by atoms with Crippen LogP contribution in [0, 0.1) is 6.08 Å². The average Bonchev–Trinajstić information content (AvgIpc) is 3.25. The Morgan fingerprint density at radius 1 is 0.893 bits per heavy atom. The smallest absolute Gasteiger partial charge is 0.455 e. The van der Waals surface area contributed by atoms with Gasteiger partial charge < -0.3 is 21.7 Å². The van der Waals surface area contributed by atoms with E-state index >= 15 is 0 Å². The van der Waals surface area contributed by atoms with Gasteiger partial charge in [-0.05, 0) is 30.4 Å². The van der Waals surface area contributed by atoms with Crippen molar-refractivity contribution in [2.75, 3.05) is 0 Å². The highest BCUT2D eigenvalue weighted by Crippen LogP contribution is 2.37. The molecule has 0 N–H and O–H groups in total. The number of rotatable bonds is 3. The molecule has 142 valence electrons. The van der Waals surface area contributed by atoms with E-state index in [1.807, 2.05) is 36.4 Å². The predicted molar refractivity (Wildman–Crippen MR) is 107 cm³/mol. The van der Waals surface area contributed by atoms with Crippen LogP contribution in [0.15, 0.2) is 82.6 Å². The minimum Gasteiger partial charge on any atom is -0.455 e. The average molecular weight is 402 g/mol. The Bertz CT molecular complexity index is 991. The Balaban J connectivity index is 0.000000403. The number of hydrogen-bond donors (Lipinski definition) is 0. The Hall–Kier alpha value is -2.89. The van der Waals surface area contributed by atoms with Crippen LogP contribution in [-0.4, -0.2) is 7.25 Å². The van der Waals surface area contributed by atoms with Gasteiger partial charge in [-0.1, -0.05) is 41.7 Å². The summed E-state index contributed by atoms with van der Waals surface area (Å²) in [6.07, 6.45) is 12.7. The lowest BCUT2D eigenvalue weighted by molar-refractivity contribution is 0.368. The standard InChI is InChI=1S/C21H15OS.BF4/c1-2-5-11-17(10-4-1)21-18(14-15-23-21)20-13-12-19(22-20)16-8-6-3-7-9-16;2-1(3,4)5/h1,3-9,11-15H,2H2;/q+1;-1. The van der Waals surface area contributed by atoms with Gasteiger partial charge in [0.2, 0.25) is 0 Å². The number of halogens is 4. The first-order valence-corrected chi connectivity index (χ1v) is 9.35. The van der Waals surface area contributed by atoms with Crippen LogP contribution in [0.1, 0.15) is 11.3 Å². The first-order chi connectivity index (χ1) is 13.4. The van der Waals surface area contributed by atoms with Crippen LogP contribution >= 0.6 is 11.3 Å². The fourth-order valence-corrected chi connectivity index (χ4v) is 3.51. The van der Waals surface area contributed by atoms with Crippen LogP contribution in [0.3, 0.4) is 0 Å². The van der Waals surface area contributed by atoms with Crippen molar-refractivity contribution < 1.29 is 21.7 Å². The third kappa shape index (κ3) is 5.55. The summed E-state index contributed by atoms with van der Waals surface area (Å²) >= 11 is 1.72. The summed E-state index contributed by atoms with van der Waals surface area (Å²) in [4.78, 5) is 1.20. The van der Waals surface area contributed by atoms with Crippen molar-refractivity contribution >= 4 is 24.2 Å². The van der Waals surface area contributed by atoms with Crippen LogP contribution < -0.4 is 0 Å². The minimum atomic E-state index is -6.00. The van der Waals surface area contributed by atoms with E-state index in [0.717, 1.165) is 34.6 Å². The van der Waals surface area contributed by atoms with Crippen molar-refractivity contribution in [1.82, 2.24) is 0 Å². The molecule has 0 amide bonds. The molecule has 0 aliphatic heterocycles. The molecular formula is C21H15BF4OS. The van der Waals surface area contributed by atoms with E-state index in [9.17, 15) is 17.3 Å². The van der Waals surface area contributed by atoms with Crippen molar-refractivity contribution in [3.8, 4) is 22.6 Å². The number of hydrogen-bond acceptors (Lipinski definition) is 2. The largest absolute Gasteiger partial charge is 0.673 e. The molecule has 0 saturated carbocycles. The Morgan fingerprint density at radius 2 is 1.61 bits per heavy atom. The Labute approximate surface area is 164 Å². The summed E-state index contributed by atoms with van der Waals surface area (Å²) in [5.41, 5.74) is 3.33. The highest BCUT2D eigenvalue weighted by molar-refractivity contribution is 7.11. The second-order valence-corrected chi connectivity index (χ2v) is 6.70. The first kappa shape index (κ1) is 19.9. The van der Waals surface area contributed by atoms with Crippen molar-refractivity contribution in [1.29, 1.82) is 0 Å². The molecule has 0 radical (unpaired) electrons. The summed E-state index contributed by atoms with van der Waals surface area (Å²) in [5.74, 6) is 1.79. The molecule has 0 unspecified atom stereocenters. The zero-order chi connectivity index (χ0) is 20.0. The van der Waals surface area contributed by atoms with Crippen LogP contribution in [-0.2, 0) is 0 Å². The van der Waals surface area contributed by atoms with Gasteiger partial charge in [0.25, 0.3) is 0 Å². The molecule has 1 aromatic carbocycles. The topological polar surface area (TPSA) is 13.1 Å². The third-order valence-electron chi connectivity index (χ3n) is 3.75. The molecule has 0 atom stereocenters. The SMILES string of the molecule is F[B-](F)(F)F.[C+]1=C(c2sccc2-c2ccc(-c3ccccc3)o2)C=CCC=C1. The van der Waals surface area contributed by atoms with Crippen molar-refractivity contribution in [3.05, 3.63) is 89.2 Å². The molecule has 0 saturated heterocycles. The minimum absolute atomic E-state index is 0.895. The number of thiophene rings is 1. The van der Waals surface area contributed by atoms with Gasteiger partial charge in [-0.2, -0.15) is 0 Å². The molecular weight excluding hydrogens is 387 g/mol. The number of allylic oxidation sites excluding steroid dienone is 6. The van der Waals surface area contributed by atoms with E-state index in [2.05, 4.69) is 47.9 Å². The molecule has 7 heteroatoms. The zero-order valence-electron chi connectivity index (χ0n) is 14.6. The molecule has 3 aromatic rings. The maximum Gasteiger partial charge on any atom is 0.673 e. The van der Waals surface area contributed by atoms with Crippen molar-refractivity contribution in [2.24, 2.45) is 0 Å². The van der Waals surface area contributed by atoms with E-state index in [0.29, 0.717) is 0 Å². The van der Waals surface area contributed by atoms with Crippen LogP contribution in [0.5, 0.6) is 0 Å². The van der Waals surface area contributed by atoms with Gasteiger partial charge in [0.1, 0.15) is 16.4 Å². The van der Waals surface area contributed by atoms with E-state index in [4.69, 9.17) is 4.42 Å². The normalized spacial score (nSPS) is 13.2. The lowest BCUT2D eigenvalue weighted by Crippen LogP contribution is -2.02. The molecule has 1 aliphatic rings. The number of benzene rings is 1. The van der Waals surface area contributed by atoms with Crippen LogP contribution in [0.4, 0.5) is 17.3 Å². The van der Waals surface area contributed by atoms with E-state index in [1.165, 1.54) is 4.88 Å². The zero-order valence-corrected chi connectivity index (χ0v) is 15.4. The second kappa shape index (κ2) is 8.87. The molecule has 0 fully saturated rings. The molecule has 0 bridgehead atoms. The lowest BCUT2D eigenvalue weighted by atomic mass is 10.1. The highest BCUT2D eigenvalue weighted by atomic mass is 32.1. The Kier molecular flexibility index (Phi) is 6.29. The lowest BCUT2D eigenvalue weighted by Gasteiger charge is -1.97. The molecule has 28 heavy (non-hydrogen) atoms. The van der Waals surface area contributed by atoms with Gasteiger partial charge in [-0.25, -0.2) is 0 Å². The molecule has 1 nitrogen and oxygen atoms in total. The summed E-state index contributed by atoms with van der Waals surface area (Å²) < 4.78 is 45.1. The van der Waals surface area contributed by atoms with Gasteiger partial charge in [0.05, 0.1) is 11.6 Å². The number of furan rings is 1.